The quantitative estimate of drug-likeness (QED) is 0.223. The van der Waals surface area contributed by atoms with Crippen molar-refractivity contribution in [3.8, 4) is 0 Å². The molecule has 0 aliphatic heterocycles. The zero-order valence-electron chi connectivity index (χ0n) is 15.5. The van der Waals surface area contributed by atoms with Gasteiger partial charge < -0.3 is 0 Å². The van der Waals surface area contributed by atoms with Gasteiger partial charge in [-0.25, -0.2) is 0 Å². The molecule has 0 aromatic heterocycles. The first-order valence-corrected chi connectivity index (χ1v) is 9.59. The Bertz CT molecular complexity index is 493. The van der Waals surface area contributed by atoms with Crippen molar-refractivity contribution in [3.63, 3.8) is 0 Å². The molecule has 0 amide bonds. The van der Waals surface area contributed by atoms with Gasteiger partial charge in [0.2, 0.25) is 0 Å². The molecule has 0 heterocycles. The van der Waals surface area contributed by atoms with Crippen LogP contribution < -0.4 is 0 Å². The number of halogens is 6. The Balaban J connectivity index is 3.19. The molecule has 0 spiro atoms. The fourth-order valence-electron chi connectivity index (χ4n) is 2.35. The summed E-state index contributed by atoms with van der Waals surface area (Å²) in [6.45, 7) is 0. The van der Waals surface area contributed by atoms with E-state index in [0.717, 1.165) is 16.4 Å². The molecule has 13 heteroatoms. The molecule has 1 fully saturated rings. The fourth-order valence-corrected chi connectivity index (χ4v) is 4.30. The number of nitrogens with zero attached hydrogens (tertiary/aromatic N) is 4. The van der Waals surface area contributed by atoms with Gasteiger partial charge in [0.05, 0.1) is 0 Å². The maximum absolute atomic E-state index is 13.2. The molecule has 6 nitrogen and oxygen atoms in total. The molecule has 0 unspecified atom stereocenters. The van der Waals surface area contributed by atoms with Gasteiger partial charge >= 0.3 is 33.4 Å². The van der Waals surface area contributed by atoms with Crippen LogP contribution in [-0.4, -0.2) is 71.6 Å². The highest BCUT2D eigenvalue weighted by atomic mass is 28.3. The SMILES string of the molecule is CN(C)/N=C(/O[Si+](O/C(=N/N(C)C)C(F)(F)F)C1CCCCC1)C(F)(F)F. The lowest BCUT2D eigenvalue weighted by Gasteiger charge is -2.19. The third kappa shape index (κ3) is 8.26. The third-order valence-corrected chi connectivity index (χ3v) is 5.43. The fraction of sp³-hybridized carbons (Fsp3) is 0.857. The summed E-state index contributed by atoms with van der Waals surface area (Å²) in [6.07, 6.45) is -6.84. The normalized spacial score (nSPS) is 17.6. The van der Waals surface area contributed by atoms with Crippen LogP contribution in [0.2, 0.25) is 5.54 Å². The number of hydrogen-bond acceptors (Lipinski definition) is 6. The number of hydrogen-bond donors (Lipinski definition) is 0. The van der Waals surface area contributed by atoms with Crippen LogP contribution in [0.3, 0.4) is 0 Å². The Labute approximate surface area is 155 Å². The van der Waals surface area contributed by atoms with Gasteiger partial charge in [-0.05, 0) is 12.8 Å². The van der Waals surface area contributed by atoms with Gasteiger partial charge in [-0.1, -0.05) is 19.3 Å². The van der Waals surface area contributed by atoms with Crippen molar-refractivity contribution in [1.82, 2.24) is 10.0 Å². The summed E-state index contributed by atoms with van der Waals surface area (Å²) >= 11 is 0. The van der Waals surface area contributed by atoms with Crippen molar-refractivity contribution in [3.05, 3.63) is 0 Å². The standard InChI is InChI=1S/C14H23F6N4O2Si/c1-23(2)21-11(13(15,16)17)25-27(10-8-6-5-7-9-10)26-12(14(18,19)20)22-24(3)4/h10H,5-9H2,1-4H3/q+1/b21-11+,22-12+. The highest BCUT2D eigenvalue weighted by Crippen LogP contribution is 2.34. The van der Waals surface area contributed by atoms with Crippen LogP contribution in [0.15, 0.2) is 10.2 Å². The van der Waals surface area contributed by atoms with E-state index in [1.165, 1.54) is 28.2 Å². The van der Waals surface area contributed by atoms with Gasteiger partial charge in [0.25, 0.3) is 0 Å². The van der Waals surface area contributed by atoms with E-state index in [2.05, 4.69) is 10.2 Å². The second kappa shape index (κ2) is 9.51. The lowest BCUT2D eigenvalue weighted by atomic mass is 10.0. The smallest absolute Gasteiger partial charge is 0.299 e. The summed E-state index contributed by atoms with van der Waals surface area (Å²) in [6, 6.07) is 0. The average Bonchev–Trinajstić information content (AvgIpc) is 2.50. The topological polar surface area (TPSA) is 49.7 Å². The number of rotatable bonds is 5. The van der Waals surface area contributed by atoms with Gasteiger partial charge in [0, 0.05) is 28.2 Å². The van der Waals surface area contributed by atoms with Crippen LogP contribution in [0.1, 0.15) is 32.1 Å². The molecule has 0 aromatic rings. The van der Waals surface area contributed by atoms with Crippen LogP contribution in [0.25, 0.3) is 0 Å². The zero-order chi connectivity index (χ0) is 20.8. The first-order chi connectivity index (χ1) is 12.3. The van der Waals surface area contributed by atoms with E-state index in [1.54, 1.807) is 0 Å². The van der Waals surface area contributed by atoms with E-state index in [9.17, 15) is 26.3 Å². The Hall–Kier alpha value is -1.66. The van der Waals surface area contributed by atoms with Crippen molar-refractivity contribution >= 4 is 21.1 Å². The van der Waals surface area contributed by atoms with E-state index < -0.39 is 39.0 Å². The minimum atomic E-state index is -4.96. The second-order valence-corrected chi connectivity index (χ2v) is 8.22. The molecular weight excluding hydrogens is 398 g/mol. The molecule has 1 aliphatic carbocycles. The molecule has 0 N–H and O–H groups in total. The van der Waals surface area contributed by atoms with Crippen LogP contribution in [0.4, 0.5) is 26.3 Å². The molecule has 1 rings (SSSR count). The van der Waals surface area contributed by atoms with Crippen molar-refractivity contribution in [2.24, 2.45) is 10.2 Å². The Kier molecular flexibility index (Phi) is 8.23. The summed E-state index contributed by atoms with van der Waals surface area (Å²) in [5, 5.41) is 8.19. The number of alkyl halides is 6. The first-order valence-electron chi connectivity index (χ1n) is 8.19. The monoisotopic (exact) mass is 421 g/mol. The lowest BCUT2D eigenvalue weighted by Crippen LogP contribution is -2.43. The molecule has 0 saturated heterocycles. The minimum Gasteiger partial charge on any atom is -0.299 e. The van der Waals surface area contributed by atoms with Crippen molar-refractivity contribution in [2.75, 3.05) is 28.2 Å². The molecule has 1 aliphatic rings. The van der Waals surface area contributed by atoms with Crippen molar-refractivity contribution in [1.29, 1.82) is 0 Å². The highest BCUT2D eigenvalue weighted by molar-refractivity contribution is 6.51. The summed E-state index contributed by atoms with van der Waals surface area (Å²) < 4.78 is 89.1. The molecule has 0 atom stereocenters. The maximum atomic E-state index is 13.2. The molecule has 27 heavy (non-hydrogen) atoms. The van der Waals surface area contributed by atoms with E-state index in [4.69, 9.17) is 8.85 Å². The van der Waals surface area contributed by atoms with Gasteiger partial charge in [-0.15, -0.1) is 10.2 Å². The Morgan fingerprint density at radius 1 is 0.778 bits per heavy atom. The predicted molar refractivity (Wildman–Crippen MR) is 89.1 cm³/mol. The summed E-state index contributed by atoms with van der Waals surface area (Å²) in [7, 11) is 1.94. The summed E-state index contributed by atoms with van der Waals surface area (Å²) in [4.78, 5) is 0. The molecule has 0 aromatic carbocycles. The van der Waals surface area contributed by atoms with Gasteiger partial charge in [-0.2, -0.15) is 26.3 Å². The Morgan fingerprint density at radius 3 is 1.44 bits per heavy atom. The zero-order valence-corrected chi connectivity index (χ0v) is 16.5. The van der Waals surface area contributed by atoms with E-state index in [0.29, 0.717) is 25.7 Å². The highest BCUT2D eigenvalue weighted by Gasteiger charge is 2.58. The molecule has 0 radical (unpaired) electrons. The molecular formula is C14H23F6N4O2Si+. The number of hydrazone groups is 2. The van der Waals surface area contributed by atoms with Crippen LogP contribution in [0, 0.1) is 0 Å². The van der Waals surface area contributed by atoms with E-state index in [-0.39, 0.29) is 0 Å². The minimum absolute atomic E-state index is 0.425. The van der Waals surface area contributed by atoms with E-state index in [1.807, 2.05) is 0 Å². The largest absolute Gasteiger partial charge is 0.786 e. The lowest BCUT2D eigenvalue weighted by molar-refractivity contribution is -0.0776. The van der Waals surface area contributed by atoms with Crippen molar-refractivity contribution in [2.45, 2.75) is 50.0 Å². The van der Waals surface area contributed by atoms with Crippen LogP contribution >= 0.6 is 0 Å². The summed E-state index contributed by atoms with van der Waals surface area (Å²) in [5.74, 6) is -3.25. The molecule has 1 saturated carbocycles. The second-order valence-electron chi connectivity index (χ2n) is 6.36. The Morgan fingerprint density at radius 2 is 1.15 bits per heavy atom. The first kappa shape index (κ1) is 23.4. The average molecular weight is 421 g/mol. The predicted octanol–water partition coefficient (Wildman–Crippen LogP) is 3.72. The van der Waals surface area contributed by atoms with E-state index >= 15 is 0 Å². The third-order valence-electron chi connectivity index (χ3n) is 3.40. The van der Waals surface area contributed by atoms with Crippen LogP contribution in [0.5, 0.6) is 0 Å². The van der Waals surface area contributed by atoms with Gasteiger partial charge in [-0.3, -0.25) is 18.9 Å². The molecule has 0 bridgehead atoms. The summed E-state index contributed by atoms with van der Waals surface area (Å²) in [5.41, 5.74) is -0.548. The van der Waals surface area contributed by atoms with Gasteiger partial charge in [0.1, 0.15) is 5.54 Å². The maximum Gasteiger partial charge on any atom is 0.786 e. The van der Waals surface area contributed by atoms with Crippen LogP contribution in [-0.2, 0) is 8.85 Å². The van der Waals surface area contributed by atoms with Crippen molar-refractivity contribution < 1.29 is 35.2 Å². The molecule has 156 valence electrons. The van der Waals surface area contributed by atoms with Gasteiger partial charge in [0.15, 0.2) is 0 Å².